The molecule has 0 aliphatic heterocycles. The maximum atomic E-state index is 13.7. The molecule has 2 N–H and O–H groups in total. The number of furan rings is 1. The fourth-order valence-corrected chi connectivity index (χ4v) is 2.07. The molecule has 2 aromatic rings. The molecule has 2 nitrogen and oxygen atoms in total. The van der Waals surface area contributed by atoms with Gasteiger partial charge in [0.1, 0.15) is 5.82 Å². The van der Waals surface area contributed by atoms with Crippen molar-refractivity contribution in [1.29, 1.82) is 0 Å². The van der Waals surface area contributed by atoms with Crippen LogP contribution in [-0.2, 0) is 6.42 Å². The van der Waals surface area contributed by atoms with E-state index in [1.807, 2.05) is 0 Å². The first-order valence-corrected chi connectivity index (χ1v) is 5.76. The Kier molecular flexibility index (Phi) is 3.72. The molecule has 1 unspecified atom stereocenters. The number of nitrogens with two attached hydrogens (primary N) is 1. The quantitative estimate of drug-likeness (QED) is 0.919. The second-order valence-electron chi connectivity index (χ2n) is 3.67. The van der Waals surface area contributed by atoms with Gasteiger partial charge < -0.3 is 10.2 Å². The normalized spacial score (nSPS) is 12.7. The lowest BCUT2D eigenvalue weighted by Gasteiger charge is -2.11. The molecule has 0 saturated carbocycles. The molecule has 2 rings (SSSR count). The first-order chi connectivity index (χ1) is 8.09. The molecule has 5 heteroatoms. The number of hydrogen-bond donors (Lipinski definition) is 1. The Morgan fingerprint density at radius 1 is 1.29 bits per heavy atom. The highest BCUT2D eigenvalue weighted by atomic mass is 35.5. The van der Waals surface area contributed by atoms with Gasteiger partial charge in [-0.05, 0) is 35.7 Å². The molecular weight excluding hydrogens is 264 g/mol. The van der Waals surface area contributed by atoms with Crippen LogP contribution in [0, 0.1) is 5.82 Å². The largest absolute Gasteiger partial charge is 0.453 e. The zero-order valence-electron chi connectivity index (χ0n) is 8.79. The Balaban J connectivity index is 2.22. The first kappa shape index (κ1) is 12.4. The molecular formula is C12H10Cl2FNO. The van der Waals surface area contributed by atoms with Gasteiger partial charge in [-0.2, -0.15) is 0 Å². The Morgan fingerprint density at radius 2 is 2.06 bits per heavy atom. The van der Waals surface area contributed by atoms with Crippen LogP contribution in [0.1, 0.15) is 17.2 Å². The van der Waals surface area contributed by atoms with Gasteiger partial charge in [0.05, 0.1) is 11.3 Å². The second-order valence-corrected chi connectivity index (χ2v) is 4.42. The van der Waals surface area contributed by atoms with Crippen LogP contribution < -0.4 is 5.73 Å². The topological polar surface area (TPSA) is 39.2 Å². The minimum atomic E-state index is -0.441. The molecule has 1 atom stereocenters. The van der Waals surface area contributed by atoms with Crippen molar-refractivity contribution in [3.8, 4) is 0 Å². The lowest BCUT2D eigenvalue weighted by molar-refractivity contribution is 0.557. The van der Waals surface area contributed by atoms with E-state index in [-0.39, 0.29) is 10.2 Å². The number of rotatable bonds is 3. The SMILES string of the molecule is NC(Cc1cccc(Cl)c1F)c1ccoc1Cl. The summed E-state index contributed by atoms with van der Waals surface area (Å²) in [6.45, 7) is 0. The van der Waals surface area contributed by atoms with E-state index < -0.39 is 11.9 Å². The summed E-state index contributed by atoms with van der Waals surface area (Å²) in [5, 5.41) is 0.327. The van der Waals surface area contributed by atoms with Crippen LogP contribution in [0.4, 0.5) is 4.39 Å². The summed E-state index contributed by atoms with van der Waals surface area (Å²) in [4.78, 5) is 0. The highest BCUT2D eigenvalue weighted by Crippen LogP contribution is 2.27. The zero-order valence-corrected chi connectivity index (χ0v) is 10.3. The van der Waals surface area contributed by atoms with E-state index >= 15 is 0 Å². The van der Waals surface area contributed by atoms with E-state index in [2.05, 4.69) is 0 Å². The molecule has 0 saturated heterocycles. The minimum Gasteiger partial charge on any atom is -0.453 e. The molecule has 90 valence electrons. The van der Waals surface area contributed by atoms with Crippen molar-refractivity contribution in [2.75, 3.05) is 0 Å². The highest BCUT2D eigenvalue weighted by Gasteiger charge is 2.16. The molecule has 0 aliphatic rings. The van der Waals surface area contributed by atoms with E-state index in [9.17, 15) is 4.39 Å². The van der Waals surface area contributed by atoms with Crippen LogP contribution >= 0.6 is 23.2 Å². The lowest BCUT2D eigenvalue weighted by atomic mass is 10.0. The van der Waals surface area contributed by atoms with Gasteiger partial charge in [0.25, 0.3) is 0 Å². The third-order valence-corrected chi connectivity index (χ3v) is 3.12. The van der Waals surface area contributed by atoms with Crippen LogP contribution in [-0.4, -0.2) is 0 Å². The van der Waals surface area contributed by atoms with Crippen LogP contribution in [0.25, 0.3) is 0 Å². The van der Waals surface area contributed by atoms with Crippen molar-refractivity contribution in [2.45, 2.75) is 12.5 Å². The predicted molar refractivity (Wildman–Crippen MR) is 65.8 cm³/mol. The van der Waals surface area contributed by atoms with Crippen LogP contribution in [0.2, 0.25) is 10.2 Å². The van der Waals surface area contributed by atoms with Crippen molar-refractivity contribution in [3.05, 3.63) is 57.7 Å². The lowest BCUT2D eigenvalue weighted by Crippen LogP contribution is -2.13. The summed E-state index contributed by atoms with van der Waals surface area (Å²) >= 11 is 11.5. The van der Waals surface area contributed by atoms with E-state index in [0.29, 0.717) is 17.5 Å². The van der Waals surface area contributed by atoms with Gasteiger partial charge >= 0.3 is 0 Å². The first-order valence-electron chi connectivity index (χ1n) is 5.01. The van der Waals surface area contributed by atoms with E-state index in [1.165, 1.54) is 12.3 Å². The fourth-order valence-electron chi connectivity index (χ4n) is 1.62. The van der Waals surface area contributed by atoms with E-state index in [0.717, 1.165) is 0 Å². The van der Waals surface area contributed by atoms with Crippen molar-refractivity contribution < 1.29 is 8.81 Å². The molecule has 1 heterocycles. The van der Waals surface area contributed by atoms with Gasteiger partial charge in [0, 0.05) is 11.6 Å². The second kappa shape index (κ2) is 5.08. The summed E-state index contributed by atoms with van der Waals surface area (Å²) in [6.07, 6.45) is 1.76. The van der Waals surface area contributed by atoms with Gasteiger partial charge in [0.15, 0.2) is 5.22 Å². The number of benzene rings is 1. The minimum absolute atomic E-state index is 0.0907. The van der Waals surface area contributed by atoms with Gasteiger partial charge in [-0.1, -0.05) is 23.7 Å². The molecule has 0 amide bonds. The van der Waals surface area contributed by atoms with Gasteiger partial charge in [-0.3, -0.25) is 0 Å². The number of halogens is 3. The molecule has 0 fully saturated rings. The third-order valence-electron chi connectivity index (χ3n) is 2.52. The smallest absolute Gasteiger partial charge is 0.197 e. The fraction of sp³-hybridized carbons (Fsp3) is 0.167. The monoisotopic (exact) mass is 273 g/mol. The highest BCUT2D eigenvalue weighted by molar-refractivity contribution is 6.30. The Labute approximate surface area is 108 Å². The molecule has 17 heavy (non-hydrogen) atoms. The Bertz CT molecular complexity index is 527. The van der Waals surface area contributed by atoms with Crippen molar-refractivity contribution in [3.63, 3.8) is 0 Å². The summed E-state index contributed by atoms with van der Waals surface area (Å²) in [5.41, 5.74) is 7.06. The number of hydrogen-bond acceptors (Lipinski definition) is 2. The van der Waals surface area contributed by atoms with Gasteiger partial charge in [0.2, 0.25) is 0 Å². The molecule has 1 aromatic carbocycles. The maximum absolute atomic E-state index is 13.7. The molecule has 0 radical (unpaired) electrons. The Morgan fingerprint density at radius 3 is 2.71 bits per heavy atom. The van der Waals surface area contributed by atoms with Crippen LogP contribution in [0.3, 0.4) is 0 Å². The van der Waals surface area contributed by atoms with Crippen LogP contribution in [0.15, 0.2) is 34.9 Å². The Hall–Kier alpha value is -1.03. The van der Waals surface area contributed by atoms with Gasteiger partial charge in [-0.15, -0.1) is 0 Å². The maximum Gasteiger partial charge on any atom is 0.197 e. The molecule has 0 bridgehead atoms. The summed E-state index contributed by atoms with van der Waals surface area (Å²) in [5.74, 6) is -0.441. The molecule has 1 aromatic heterocycles. The standard InChI is InChI=1S/C12H10Cl2FNO/c13-9-3-1-2-7(11(9)15)6-10(16)8-4-5-17-12(8)14/h1-5,10H,6,16H2. The van der Waals surface area contributed by atoms with Gasteiger partial charge in [-0.25, -0.2) is 4.39 Å². The van der Waals surface area contributed by atoms with Crippen LogP contribution in [0.5, 0.6) is 0 Å². The molecule has 0 spiro atoms. The van der Waals surface area contributed by atoms with Crippen molar-refractivity contribution in [2.24, 2.45) is 5.73 Å². The van der Waals surface area contributed by atoms with Crippen molar-refractivity contribution in [1.82, 2.24) is 0 Å². The van der Waals surface area contributed by atoms with Crippen molar-refractivity contribution >= 4 is 23.2 Å². The molecule has 0 aliphatic carbocycles. The average molecular weight is 274 g/mol. The summed E-state index contributed by atoms with van der Waals surface area (Å²) in [7, 11) is 0. The third kappa shape index (κ3) is 2.63. The van der Waals surface area contributed by atoms with E-state index in [1.54, 1.807) is 18.2 Å². The van der Waals surface area contributed by atoms with E-state index in [4.69, 9.17) is 33.4 Å². The average Bonchev–Trinajstić information content (AvgIpc) is 2.71. The zero-order chi connectivity index (χ0) is 12.4. The summed E-state index contributed by atoms with van der Waals surface area (Å²) < 4.78 is 18.6. The summed E-state index contributed by atoms with van der Waals surface area (Å²) in [6, 6.07) is 6.08. The predicted octanol–water partition coefficient (Wildman–Crippen LogP) is 3.97.